The van der Waals surface area contributed by atoms with Crippen molar-refractivity contribution in [3.05, 3.63) is 78.9 Å². The van der Waals surface area contributed by atoms with Gasteiger partial charge in [-0.1, -0.05) is 42.5 Å². The molecule has 1 heterocycles. The van der Waals surface area contributed by atoms with Crippen LogP contribution in [0.15, 0.2) is 72.8 Å². The first-order valence-electron chi connectivity index (χ1n) is 6.68. The van der Waals surface area contributed by atoms with E-state index in [1.807, 2.05) is 24.3 Å². The van der Waals surface area contributed by atoms with Gasteiger partial charge in [-0.05, 0) is 22.5 Å². The number of aromatic nitrogens is 1. The first-order chi connectivity index (χ1) is 9.93. The normalized spacial score (nSPS) is 10.5. The van der Waals surface area contributed by atoms with Crippen LogP contribution in [-0.4, -0.2) is 4.98 Å². The van der Waals surface area contributed by atoms with Crippen molar-refractivity contribution < 1.29 is 20.1 Å². The van der Waals surface area contributed by atoms with E-state index in [-0.39, 0.29) is 20.1 Å². The number of para-hydroxylation sites is 1. The fourth-order valence-electron chi connectivity index (χ4n) is 2.65. The summed E-state index contributed by atoms with van der Waals surface area (Å²) in [5, 5.41) is 3.61. The summed E-state index contributed by atoms with van der Waals surface area (Å²) in [6.45, 7) is 0. The molecule has 0 amide bonds. The maximum atomic E-state index is 4.84. The molecule has 103 valence electrons. The van der Waals surface area contributed by atoms with E-state index in [9.17, 15) is 0 Å². The minimum Gasteiger partial charge on any atom is -0.296 e. The van der Waals surface area contributed by atoms with Crippen molar-refractivity contribution in [3.63, 3.8) is 0 Å². The fourth-order valence-corrected chi connectivity index (χ4v) is 2.65. The Labute approximate surface area is 137 Å². The average molecular weight is 447 g/mol. The molecular formula is C19H12IrN-. The predicted molar refractivity (Wildman–Crippen MR) is 83.5 cm³/mol. The summed E-state index contributed by atoms with van der Waals surface area (Å²) in [4.78, 5) is 4.84. The van der Waals surface area contributed by atoms with E-state index in [4.69, 9.17) is 4.98 Å². The Morgan fingerprint density at radius 1 is 0.667 bits per heavy atom. The van der Waals surface area contributed by atoms with Gasteiger partial charge in [0.15, 0.2) is 0 Å². The summed E-state index contributed by atoms with van der Waals surface area (Å²) < 4.78 is 0. The molecule has 0 atom stereocenters. The number of fused-ring (bicyclic) bond motifs is 3. The van der Waals surface area contributed by atoms with E-state index in [1.165, 1.54) is 16.2 Å². The van der Waals surface area contributed by atoms with Crippen LogP contribution in [0, 0.1) is 6.07 Å². The Hall–Kier alpha value is -2.02. The first kappa shape index (κ1) is 13.9. The van der Waals surface area contributed by atoms with Gasteiger partial charge in [-0.15, -0.1) is 35.9 Å². The van der Waals surface area contributed by atoms with Gasteiger partial charge in [-0.25, -0.2) is 0 Å². The number of hydrogen-bond donors (Lipinski definition) is 0. The number of hydrogen-bond acceptors (Lipinski definition) is 1. The van der Waals surface area contributed by atoms with E-state index >= 15 is 0 Å². The molecule has 3 aromatic carbocycles. The van der Waals surface area contributed by atoms with Crippen LogP contribution in [-0.2, 0) is 20.1 Å². The fraction of sp³-hybridized carbons (Fsp3) is 0. The Morgan fingerprint density at radius 2 is 1.33 bits per heavy atom. The van der Waals surface area contributed by atoms with Crippen molar-refractivity contribution in [1.82, 2.24) is 4.98 Å². The SMILES string of the molecule is [Ir].[c-]1ccccc1-c1nc2ccccc2c2ccccc12. The molecule has 0 bridgehead atoms. The van der Waals surface area contributed by atoms with Crippen LogP contribution in [0.4, 0.5) is 0 Å². The summed E-state index contributed by atoms with van der Waals surface area (Å²) in [5.41, 5.74) is 3.06. The topological polar surface area (TPSA) is 12.9 Å². The Bertz CT molecular complexity index is 901. The molecular weight excluding hydrogens is 434 g/mol. The minimum absolute atomic E-state index is 0. The second-order valence-electron chi connectivity index (χ2n) is 4.80. The largest absolute Gasteiger partial charge is 0.296 e. The smallest absolute Gasteiger partial charge is 0.0601 e. The van der Waals surface area contributed by atoms with E-state index in [0.29, 0.717) is 0 Å². The molecule has 0 N–H and O–H groups in total. The van der Waals surface area contributed by atoms with Crippen LogP contribution in [0.5, 0.6) is 0 Å². The minimum atomic E-state index is 0. The van der Waals surface area contributed by atoms with Gasteiger partial charge in [-0.3, -0.25) is 4.98 Å². The third kappa shape index (κ3) is 2.37. The average Bonchev–Trinajstić information content (AvgIpc) is 2.55. The van der Waals surface area contributed by atoms with Crippen LogP contribution >= 0.6 is 0 Å². The van der Waals surface area contributed by atoms with Gasteiger partial charge in [0.25, 0.3) is 0 Å². The number of nitrogens with zero attached hydrogens (tertiary/aromatic N) is 1. The van der Waals surface area contributed by atoms with Crippen molar-refractivity contribution in [2.45, 2.75) is 0 Å². The zero-order valence-corrected chi connectivity index (χ0v) is 13.6. The molecule has 1 radical (unpaired) electrons. The molecule has 0 aliphatic rings. The van der Waals surface area contributed by atoms with Crippen molar-refractivity contribution in [2.75, 3.05) is 0 Å². The van der Waals surface area contributed by atoms with E-state index < -0.39 is 0 Å². The van der Waals surface area contributed by atoms with E-state index in [2.05, 4.69) is 54.6 Å². The quantitative estimate of drug-likeness (QED) is 0.301. The van der Waals surface area contributed by atoms with Gasteiger partial charge in [0.05, 0.1) is 5.52 Å². The maximum Gasteiger partial charge on any atom is 0.0601 e. The summed E-state index contributed by atoms with van der Waals surface area (Å²) in [5.74, 6) is 0. The van der Waals surface area contributed by atoms with Gasteiger partial charge in [0.1, 0.15) is 0 Å². The van der Waals surface area contributed by atoms with Gasteiger partial charge in [0, 0.05) is 25.5 Å². The van der Waals surface area contributed by atoms with Crippen LogP contribution < -0.4 is 0 Å². The monoisotopic (exact) mass is 447 g/mol. The molecule has 0 fully saturated rings. The third-order valence-electron chi connectivity index (χ3n) is 3.57. The Balaban J connectivity index is 0.00000132. The summed E-state index contributed by atoms with van der Waals surface area (Å²) >= 11 is 0. The van der Waals surface area contributed by atoms with E-state index in [0.717, 1.165) is 16.8 Å². The van der Waals surface area contributed by atoms with Crippen molar-refractivity contribution in [3.8, 4) is 11.3 Å². The third-order valence-corrected chi connectivity index (χ3v) is 3.57. The van der Waals surface area contributed by atoms with Crippen LogP contribution in [0.3, 0.4) is 0 Å². The molecule has 0 aliphatic carbocycles. The van der Waals surface area contributed by atoms with Gasteiger partial charge in [0.2, 0.25) is 0 Å². The second-order valence-corrected chi connectivity index (χ2v) is 4.80. The van der Waals surface area contributed by atoms with Crippen LogP contribution in [0.2, 0.25) is 0 Å². The molecule has 1 nitrogen and oxygen atoms in total. The molecule has 4 rings (SSSR count). The number of benzene rings is 3. The second kappa shape index (κ2) is 5.77. The first-order valence-corrected chi connectivity index (χ1v) is 6.68. The van der Waals surface area contributed by atoms with E-state index in [1.54, 1.807) is 0 Å². The van der Waals surface area contributed by atoms with Crippen LogP contribution in [0.25, 0.3) is 32.9 Å². The van der Waals surface area contributed by atoms with Gasteiger partial charge < -0.3 is 0 Å². The molecule has 0 saturated carbocycles. The molecule has 1 aromatic heterocycles. The Kier molecular flexibility index (Phi) is 3.83. The van der Waals surface area contributed by atoms with Crippen molar-refractivity contribution >= 4 is 21.7 Å². The molecule has 0 unspecified atom stereocenters. The Morgan fingerprint density at radius 3 is 2.10 bits per heavy atom. The predicted octanol–water partition coefficient (Wildman–Crippen LogP) is 4.85. The van der Waals surface area contributed by atoms with Crippen molar-refractivity contribution in [2.24, 2.45) is 0 Å². The van der Waals surface area contributed by atoms with Crippen LogP contribution in [0.1, 0.15) is 0 Å². The molecule has 0 aliphatic heterocycles. The zero-order valence-electron chi connectivity index (χ0n) is 11.2. The number of pyridine rings is 1. The molecule has 0 spiro atoms. The molecule has 2 heteroatoms. The van der Waals surface area contributed by atoms with Crippen molar-refractivity contribution in [1.29, 1.82) is 0 Å². The molecule has 0 saturated heterocycles. The summed E-state index contributed by atoms with van der Waals surface area (Å²) in [6, 6.07) is 28.0. The molecule has 21 heavy (non-hydrogen) atoms. The zero-order chi connectivity index (χ0) is 13.4. The molecule has 4 aromatic rings. The van der Waals surface area contributed by atoms with Gasteiger partial charge >= 0.3 is 0 Å². The summed E-state index contributed by atoms with van der Waals surface area (Å²) in [7, 11) is 0. The number of rotatable bonds is 1. The maximum absolute atomic E-state index is 4.84. The standard InChI is InChI=1S/C19H12N.Ir/c1-2-8-14(9-3-1)19-17-12-5-4-10-15(17)16-11-6-7-13-18(16)20-19;/h1-8,10-13H;/q-1;. The summed E-state index contributed by atoms with van der Waals surface area (Å²) in [6.07, 6.45) is 0. The van der Waals surface area contributed by atoms with Gasteiger partial charge in [-0.2, -0.15) is 0 Å².